The number of aromatic nitrogens is 2. The van der Waals surface area contributed by atoms with Crippen LogP contribution in [0.4, 0.5) is 0 Å². The highest BCUT2D eigenvalue weighted by Gasteiger charge is 2.48. The van der Waals surface area contributed by atoms with Crippen LogP contribution in [0.3, 0.4) is 0 Å². The lowest BCUT2D eigenvalue weighted by atomic mass is 10.1. The van der Waals surface area contributed by atoms with Crippen LogP contribution in [0.1, 0.15) is 34.1 Å². The predicted octanol–water partition coefficient (Wildman–Crippen LogP) is 0.767. The van der Waals surface area contributed by atoms with E-state index in [1.165, 1.54) is 0 Å². The van der Waals surface area contributed by atoms with Crippen LogP contribution in [0.25, 0.3) is 0 Å². The number of hydrogen-bond acceptors (Lipinski definition) is 2. The van der Waals surface area contributed by atoms with Crippen LogP contribution in [0.5, 0.6) is 0 Å². The summed E-state index contributed by atoms with van der Waals surface area (Å²) in [4.78, 5) is 10.7. The van der Waals surface area contributed by atoms with Crippen LogP contribution in [0.15, 0.2) is 0 Å². The maximum atomic E-state index is 10.7. The lowest BCUT2D eigenvalue weighted by Crippen LogP contribution is -2.00. The van der Waals surface area contributed by atoms with E-state index in [1.54, 1.807) is 0 Å². The first-order valence-electron chi connectivity index (χ1n) is 4.08. The van der Waals surface area contributed by atoms with Crippen molar-refractivity contribution in [2.24, 2.45) is 5.92 Å². The van der Waals surface area contributed by atoms with E-state index in [0.29, 0.717) is 11.8 Å². The summed E-state index contributed by atoms with van der Waals surface area (Å²) < 4.78 is 0. The van der Waals surface area contributed by atoms with Crippen molar-refractivity contribution in [3.05, 3.63) is 17.0 Å². The van der Waals surface area contributed by atoms with Gasteiger partial charge in [0.05, 0.1) is 0 Å². The Morgan fingerprint density at radius 2 is 2.50 bits per heavy atom. The topological polar surface area (TPSA) is 66.0 Å². The highest BCUT2D eigenvalue weighted by Crippen LogP contribution is 2.56. The van der Waals surface area contributed by atoms with Crippen LogP contribution < -0.4 is 0 Å². The largest absolute Gasteiger partial charge is 0.476 e. The first-order chi connectivity index (χ1) is 5.77. The SMILES string of the molecule is O=C(O)c1n[nH]c2c1[C@H]1C[C@H]1C2. The van der Waals surface area contributed by atoms with Crippen molar-refractivity contribution >= 4 is 5.97 Å². The van der Waals surface area contributed by atoms with Crippen molar-refractivity contribution in [3.8, 4) is 0 Å². The van der Waals surface area contributed by atoms with E-state index >= 15 is 0 Å². The third kappa shape index (κ3) is 0.581. The standard InChI is InChI=1S/C8H8N2O2/c11-8(12)7-6-4-1-3(4)2-5(6)9-10-7/h3-4H,1-2H2,(H,9,10)(H,11,12)/t3-,4-/m0/s1. The predicted molar refractivity (Wildman–Crippen MR) is 40.1 cm³/mol. The van der Waals surface area contributed by atoms with Gasteiger partial charge in [-0.25, -0.2) is 4.79 Å². The summed E-state index contributed by atoms with van der Waals surface area (Å²) >= 11 is 0. The van der Waals surface area contributed by atoms with Crippen molar-refractivity contribution in [3.63, 3.8) is 0 Å². The number of aromatic carboxylic acids is 1. The number of nitrogens with zero attached hydrogens (tertiary/aromatic N) is 1. The number of rotatable bonds is 1. The van der Waals surface area contributed by atoms with Gasteiger partial charge < -0.3 is 5.11 Å². The molecule has 2 atom stereocenters. The summed E-state index contributed by atoms with van der Waals surface area (Å²) in [6.45, 7) is 0. The summed E-state index contributed by atoms with van der Waals surface area (Å²) in [6.07, 6.45) is 2.16. The van der Waals surface area contributed by atoms with Gasteiger partial charge in [0.15, 0.2) is 5.69 Å². The Morgan fingerprint density at radius 3 is 3.25 bits per heavy atom. The second-order valence-electron chi connectivity index (χ2n) is 3.58. The molecule has 1 aromatic heterocycles. The molecule has 2 aliphatic rings. The molecule has 0 amide bonds. The van der Waals surface area contributed by atoms with E-state index < -0.39 is 5.97 Å². The first kappa shape index (κ1) is 6.22. The van der Waals surface area contributed by atoms with Crippen LogP contribution in [-0.2, 0) is 6.42 Å². The highest BCUT2D eigenvalue weighted by atomic mass is 16.4. The zero-order chi connectivity index (χ0) is 8.29. The lowest BCUT2D eigenvalue weighted by Gasteiger charge is -1.92. The molecule has 0 unspecified atom stereocenters. The molecule has 1 saturated carbocycles. The molecule has 0 radical (unpaired) electrons. The third-order valence-corrected chi connectivity index (χ3v) is 2.85. The number of aromatic amines is 1. The Kier molecular flexibility index (Phi) is 0.885. The fourth-order valence-corrected chi connectivity index (χ4v) is 2.19. The molecule has 2 aliphatic carbocycles. The molecule has 0 aromatic carbocycles. The second-order valence-corrected chi connectivity index (χ2v) is 3.58. The number of hydrogen-bond donors (Lipinski definition) is 2. The summed E-state index contributed by atoms with van der Waals surface area (Å²) in [6, 6.07) is 0. The van der Waals surface area contributed by atoms with Gasteiger partial charge in [-0.15, -0.1) is 0 Å². The molecule has 0 spiro atoms. The smallest absolute Gasteiger partial charge is 0.356 e. The molecule has 4 heteroatoms. The Balaban J connectivity index is 2.17. The van der Waals surface area contributed by atoms with Crippen molar-refractivity contribution in [1.82, 2.24) is 10.2 Å². The molecule has 0 saturated heterocycles. The van der Waals surface area contributed by atoms with E-state index in [2.05, 4.69) is 10.2 Å². The van der Waals surface area contributed by atoms with Crippen molar-refractivity contribution < 1.29 is 9.90 Å². The number of carbonyl (C=O) groups is 1. The lowest BCUT2D eigenvalue weighted by molar-refractivity contribution is 0.0689. The Labute approximate surface area is 68.6 Å². The quantitative estimate of drug-likeness (QED) is 0.644. The number of H-pyrrole nitrogens is 1. The molecular formula is C8H8N2O2. The van der Waals surface area contributed by atoms with Gasteiger partial charge in [-0.2, -0.15) is 5.10 Å². The van der Waals surface area contributed by atoms with Crippen molar-refractivity contribution in [2.45, 2.75) is 18.8 Å². The number of nitrogens with one attached hydrogen (secondary N) is 1. The van der Waals surface area contributed by atoms with Gasteiger partial charge in [0, 0.05) is 11.3 Å². The Bertz CT molecular complexity index is 369. The number of fused-ring (bicyclic) bond motifs is 3. The number of carboxylic acids is 1. The van der Waals surface area contributed by atoms with E-state index in [4.69, 9.17) is 5.11 Å². The Morgan fingerprint density at radius 1 is 1.67 bits per heavy atom. The maximum absolute atomic E-state index is 10.7. The first-order valence-corrected chi connectivity index (χ1v) is 4.08. The minimum absolute atomic E-state index is 0.245. The molecule has 0 bridgehead atoms. The monoisotopic (exact) mass is 164 g/mol. The summed E-state index contributed by atoms with van der Waals surface area (Å²) in [7, 11) is 0. The van der Waals surface area contributed by atoms with Gasteiger partial charge in [-0.3, -0.25) is 5.10 Å². The molecule has 12 heavy (non-hydrogen) atoms. The molecule has 62 valence electrons. The van der Waals surface area contributed by atoms with Crippen molar-refractivity contribution in [2.75, 3.05) is 0 Å². The minimum atomic E-state index is -0.903. The average molecular weight is 164 g/mol. The normalized spacial score (nSPS) is 29.7. The zero-order valence-corrected chi connectivity index (χ0v) is 6.37. The molecule has 0 aliphatic heterocycles. The maximum Gasteiger partial charge on any atom is 0.356 e. The van der Waals surface area contributed by atoms with Gasteiger partial charge in [0.1, 0.15) is 0 Å². The van der Waals surface area contributed by atoms with Crippen molar-refractivity contribution in [1.29, 1.82) is 0 Å². The molecular weight excluding hydrogens is 156 g/mol. The highest BCUT2D eigenvalue weighted by molar-refractivity contribution is 5.88. The Hall–Kier alpha value is -1.32. The molecule has 4 nitrogen and oxygen atoms in total. The molecule has 1 heterocycles. The molecule has 2 N–H and O–H groups in total. The summed E-state index contributed by atoms with van der Waals surface area (Å²) in [5, 5.41) is 15.4. The average Bonchev–Trinajstić information content (AvgIpc) is 2.53. The van der Waals surface area contributed by atoms with Crippen LogP contribution in [0.2, 0.25) is 0 Å². The van der Waals surface area contributed by atoms with Gasteiger partial charge in [-0.1, -0.05) is 0 Å². The van der Waals surface area contributed by atoms with Crippen LogP contribution >= 0.6 is 0 Å². The van der Waals surface area contributed by atoms with E-state index in [9.17, 15) is 4.79 Å². The second kappa shape index (κ2) is 1.71. The third-order valence-electron chi connectivity index (χ3n) is 2.85. The minimum Gasteiger partial charge on any atom is -0.476 e. The van der Waals surface area contributed by atoms with Gasteiger partial charge in [0.2, 0.25) is 0 Å². The van der Waals surface area contributed by atoms with Gasteiger partial charge >= 0.3 is 5.97 Å². The summed E-state index contributed by atoms with van der Waals surface area (Å²) in [5.74, 6) is 0.317. The zero-order valence-electron chi connectivity index (χ0n) is 6.37. The molecule has 1 fully saturated rings. The van der Waals surface area contributed by atoms with Gasteiger partial charge in [0.25, 0.3) is 0 Å². The van der Waals surface area contributed by atoms with E-state index in [0.717, 1.165) is 24.1 Å². The van der Waals surface area contributed by atoms with Crippen LogP contribution in [0, 0.1) is 5.92 Å². The van der Waals surface area contributed by atoms with E-state index in [1.807, 2.05) is 0 Å². The van der Waals surface area contributed by atoms with Crippen LogP contribution in [-0.4, -0.2) is 21.3 Å². The molecule has 1 aromatic rings. The fraction of sp³-hybridized carbons (Fsp3) is 0.500. The molecule has 3 rings (SSSR count). The summed E-state index contributed by atoms with van der Waals surface area (Å²) in [5.41, 5.74) is 2.27. The number of carboxylic acid groups (broad SMARTS) is 1. The van der Waals surface area contributed by atoms with E-state index in [-0.39, 0.29) is 5.69 Å². The van der Waals surface area contributed by atoms with Gasteiger partial charge in [-0.05, 0) is 24.7 Å². The fourth-order valence-electron chi connectivity index (χ4n) is 2.19.